The van der Waals surface area contributed by atoms with Crippen LogP contribution in [0.2, 0.25) is 0 Å². The van der Waals surface area contributed by atoms with Gasteiger partial charge in [-0.3, -0.25) is 9.59 Å². The van der Waals surface area contributed by atoms with E-state index in [1.165, 1.54) is 10.6 Å². The maximum Gasteiger partial charge on any atom is 0.321 e. The number of rotatable bonds is 5. The summed E-state index contributed by atoms with van der Waals surface area (Å²) >= 11 is 3.28. The van der Waals surface area contributed by atoms with E-state index in [1.54, 1.807) is 17.2 Å². The van der Waals surface area contributed by atoms with Crippen LogP contribution in [0.1, 0.15) is 18.4 Å². The SMILES string of the molecule is O=C(Cn1cc(Br)ccc1=O)NCc1cccc(NC(=O)N2CCCC2)c1. The number of benzene rings is 1. The predicted octanol–water partition coefficient (Wildman–Crippen LogP) is 2.55. The fraction of sp³-hybridized carbons (Fsp3) is 0.316. The van der Waals surface area contributed by atoms with E-state index in [0.717, 1.165) is 36.0 Å². The molecule has 2 heterocycles. The summed E-state index contributed by atoms with van der Waals surface area (Å²) < 4.78 is 2.07. The van der Waals surface area contributed by atoms with Crippen molar-refractivity contribution < 1.29 is 9.59 Å². The number of pyridine rings is 1. The third kappa shape index (κ3) is 5.43. The molecule has 7 nitrogen and oxygen atoms in total. The van der Waals surface area contributed by atoms with E-state index < -0.39 is 0 Å². The van der Waals surface area contributed by atoms with E-state index >= 15 is 0 Å². The van der Waals surface area contributed by atoms with Crippen LogP contribution in [0, 0.1) is 0 Å². The average Bonchev–Trinajstić information content (AvgIpc) is 3.18. The summed E-state index contributed by atoms with van der Waals surface area (Å²) in [6.45, 7) is 1.84. The molecule has 0 bridgehead atoms. The molecular weight excluding hydrogens is 412 g/mol. The summed E-state index contributed by atoms with van der Waals surface area (Å²) in [5.74, 6) is -0.262. The van der Waals surface area contributed by atoms with E-state index in [-0.39, 0.29) is 24.0 Å². The summed E-state index contributed by atoms with van der Waals surface area (Å²) in [6.07, 6.45) is 3.66. The lowest BCUT2D eigenvalue weighted by Crippen LogP contribution is -2.32. The van der Waals surface area contributed by atoms with Gasteiger partial charge in [0.1, 0.15) is 6.54 Å². The number of aromatic nitrogens is 1. The second kappa shape index (κ2) is 8.85. The van der Waals surface area contributed by atoms with E-state index in [0.29, 0.717) is 12.2 Å². The average molecular weight is 433 g/mol. The van der Waals surface area contributed by atoms with Crippen molar-refractivity contribution in [3.05, 3.63) is 63.0 Å². The Bertz CT molecular complexity index is 891. The lowest BCUT2D eigenvalue weighted by molar-refractivity contribution is -0.121. The molecule has 27 heavy (non-hydrogen) atoms. The molecule has 1 aromatic heterocycles. The van der Waals surface area contributed by atoms with Gasteiger partial charge in [-0.05, 0) is 52.5 Å². The van der Waals surface area contributed by atoms with Gasteiger partial charge >= 0.3 is 6.03 Å². The van der Waals surface area contributed by atoms with E-state index in [2.05, 4.69) is 26.6 Å². The van der Waals surface area contributed by atoms with Crippen LogP contribution < -0.4 is 16.2 Å². The lowest BCUT2D eigenvalue weighted by Gasteiger charge is -2.16. The smallest absolute Gasteiger partial charge is 0.321 e. The van der Waals surface area contributed by atoms with Crippen LogP contribution in [-0.4, -0.2) is 34.5 Å². The summed E-state index contributed by atoms with van der Waals surface area (Å²) in [7, 11) is 0. The lowest BCUT2D eigenvalue weighted by atomic mass is 10.2. The van der Waals surface area contributed by atoms with Gasteiger partial charge in [0.05, 0.1) is 0 Å². The Balaban J connectivity index is 1.54. The molecule has 0 saturated carbocycles. The van der Waals surface area contributed by atoms with Crippen LogP contribution >= 0.6 is 15.9 Å². The zero-order valence-electron chi connectivity index (χ0n) is 14.8. The van der Waals surface area contributed by atoms with Crippen molar-refractivity contribution in [2.45, 2.75) is 25.9 Å². The second-order valence-corrected chi connectivity index (χ2v) is 7.33. The number of amides is 3. The molecule has 1 aromatic carbocycles. The van der Waals surface area contributed by atoms with Gasteiger partial charge in [-0.15, -0.1) is 0 Å². The summed E-state index contributed by atoms with van der Waals surface area (Å²) in [5, 5.41) is 5.68. The van der Waals surface area contributed by atoms with Crippen molar-refractivity contribution in [3.63, 3.8) is 0 Å². The second-order valence-electron chi connectivity index (χ2n) is 6.41. The molecule has 2 N–H and O–H groups in total. The molecule has 3 rings (SSSR count). The Morgan fingerprint density at radius 2 is 1.89 bits per heavy atom. The highest BCUT2D eigenvalue weighted by Gasteiger charge is 2.17. The van der Waals surface area contributed by atoms with Gasteiger partial charge in [0.2, 0.25) is 5.91 Å². The van der Waals surface area contributed by atoms with Crippen LogP contribution in [0.15, 0.2) is 51.9 Å². The number of carbonyl (C=O) groups excluding carboxylic acids is 2. The van der Waals surface area contributed by atoms with Crippen LogP contribution in [0.3, 0.4) is 0 Å². The van der Waals surface area contributed by atoms with Crippen molar-refractivity contribution in [1.82, 2.24) is 14.8 Å². The largest absolute Gasteiger partial charge is 0.350 e. The molecule has 1 saturated heterocycles. The topological polar surface area (TPSA) is 83.4 Å². The molecule has 142 valence electrons. The zero-order chi connectivity index (χ0) is 19.2. The highest BCUT2D eigenvalue weighted by molar-refractivity contribution is 9.10. The molecule has 1 aliphatic rings. The van der Waals surface area contributed by atoms with Gasteiger partial charge in [0, 0.05) is 42.1 Å². The molecule has 3 amide bonds. The number of nitrogens with one attached hydrogen (secondary N) is 2. The summed E-state index contributed by atoms with van der Waals surface area (Å²) in [5.41, 5.74) is 1.32. The molecule has 8 heteroatoms. The molecular formula is C19H21BrN4O3. The van der Waals surface area contributed by atoms with Gasteiger partial charge in [-0.25, -0.2) is 4.79 Å². The number of carbonyl (C=O) groups is 2. The number of anilines is 1. The van der Waals surface area contributed by atoms with Crippen LogP contribution in [0.5, 0.6) is 0 Å². The van der Waals surface area contributed by atoms with Gasteiger partial charge < -0.3 is 20.1 Å². The standard InChI is InChI=1S/C19H21BrN4O3/c20-15-6-7-18(26)24(12-15)13-17(25)21-11-14-4-3-5-16(10-14)22-19(27)23-8-1-2-9-23/h3-7,10,12H,1-2,8-9,11,13H2,(H,21,25)(H,22,27). The van der Waals surface area contributed by atoms with E-state index in [9.17, 15) is 14.4 Å². The molecule has 1 aliphatic heterocycles. The molecule has 0 aliphatic carbocycles. The van der Waals surface area contributed by atoms with Crippen LogP contribution in [0.25, 0.3) is 0 Å². The van der Waals surface area contributed by atoms with Crippen molar-refractivity contribution in [1.29, 1.82) is 0 Å². The Kier molecular flexibility index (Phi) is 6.28. The summed E-state index contributed by atoms with van der Waals surface area (Å²) in [4.78, 5) is 37.8. The maximum atomic E-state index is 12.2. The first-order valence-corrected chi connectivity index (χ1v) is 9.58. The summed E-state index contributed by atoms with van der Waals surface area (Å²) in [6, 6.07) is 10.3. The number of urea groups is 1. The molecule has 0 spiro atoms. The van der Waals surface area contributed by atoms with Gasteiger partial charge in [0.25, 0.3) is 5.56 Å². The highest BCUT2D eigenvalue weighted by Crippen LogP contribution is 2.14. The Morgan fingerprint density at radius 1 is 1.11 bits per heavy atom. The third-order valence-electron chi connectivity index (χ3n) is 4.32. The fourth-order valence-electron chi connectivity index (χ4n) is 2.92. The molecule has 1 fully saturated rings. The number of likely N-dealkylation sites (tertiary alicyclic amines) is 1. The molecule has 0 radical (unpaired) electrons. The van der Waals surface area contributed by atoms with E-state index in [1.807, 2.05) is 24.3 Å². The molecule has 0 atom stereocenters. The monoisotopic (exact) mass is 432 g/mol. The first-order chi connectivity index (χ1) is 13.0. The molecule has 2 aromatic rings. The van der Waals surface area contributed by atoms with Crippen molar-refractivity contribution >= 4 is 33.6 Å². The quantitative estimate of drug-likeness (QED) is 0.761. The van der Waals surface area contributed by atoms with Crippen LogP contribution in [0.4, 0.5) is 10.5 Å². The highest BCUT2D eigenvalue weighted by atomic mass is 79.9. The Morgan fingerprint density at radius 3 is 2.67 bits per heavy atom. The fourth-order valence-corrected chi connectivity index (χ4v) is 3.30. The third-order valence-corrected chi connectivity index (χ3v) is 4.79. The van der Waals surface area contributed by atoms with Crippen molar-refractivity contribution in [3.8, 4) is 0 Å². The van der Waals surface area contributed by atoms with Crippen LogP contribution in [-0.2, 0) is 17.9 Å². The number of hydrogen-bond donors (Lipinski definition) is 2. The minimum Gasteiger partial charge on any atom is -0.350 e. The minimum atomic E-state index is -0.262. The Labute approximate surface area is 165 Å². The van der Waals surface area contributed by atoms with E-state index in [4.69, 9.17) is 0 Å². The van der Waals surface area contributed by atoms with Gasteiger partial charge in [0.15, 0.2) is 0 Å². The van der Waals surface area contributed by atoms with Crippen molar-refractivity contribution in [2.24, 2.45) is 0 Å². The zero-order valence-corrected chi connectivity index (χ0v) is 16.4. The number of nitrogens with zero attached hydrogens (tertiary/aromatic N) is 2. The predicted molar refractivity (Wildman–Crippen MR) is 107 cm³/mol. The normalized spacial score (nSPS) is 13.4. The first kappa shape index (κ1) is 19.2. The van der Waals surface area contributed by atoms with Gasteiger partial charge in [-0.2, -0.15) is 0 Å². The van der Waals surface area contributed by atoms with Crippen molar-refractivity contribution in [2.75, 3.05) is 18.4 Å². The van der Waals surface area contributed by atoms with Gasteiger partial charge in [-0.1, -0.05) is 12.1 Å². The maximum absolute atomic E-state index is 12.2. The number of halogens is 1. The first-order valence-electron chi connectivity index (χ1n) is 8.79. The Hall–Kier alpha value is -2.61. The molecule has 0 unspecified atom stereocenters. The minimum absolute atomic E-state index is 0.0519. The number of hydrogen-bond acceptors (Lipinski definition) is 3.